The van der Waals surface area contributed by atoms with Gasteiger partial charge in [0.2, 0.25) is 0 Å². The molecule has 0 radical (unpaired) electrons. The number of carbonyl (C=O) groups is 1. The number of aromatic amines is 1. The summed E-state index contributed by atoms with van der Waals surface area (Å²) >= 11 is 0. The first kappa shape index (κ1) is 10.3. The Bertz CT molecular complexity index is 510. The number of benzene rings is 1. The zero-order chi connectivity index (χ0) is 11.5. The molecule has 0 bridgehead atoms. The van der Waals surface area contributed by atoms with Crippen LogP contribution in [0, 0.1) is 12.7 Å². The van der Waals surface area contributed by atoms with Gasteiger partial charge in [0, 0.05) is 11.3 Å². The first-order valence-corrected chi connectivity index (χ1v) is 4.60. The summed E-state index contributed by atoms with van der Waals surface area (Å²) in [7, 11) is 0. The van der Waals surface area contributed by atoms with Gasteiger partial charge in [-0.3, -0.25) is 4.79 Å². The number of anilines is 1. The molecule has 0 saturated heterocycles. The quantitative estimate of drug-likeness (QED) is 0.805. The molecule has 1 heterocycles. The third kappa shape index (κ3) is 1.90. The second-order valence-corrected chi connectivity index (χ2v) is 3.22. The Hall–Kier alpha value is -2.24. The number of nitrogens with one attached hydrogen (secondary N) is 2. The van der Waals surface area contributed by atoms with E-state index in [-0.39, 0.29) is 11.5 Å². The Kier molecular flexibility index (Phi) is 2.63. The molecule has 6 heteroatoms. The molecule has 5 nitrogen and oxygen atoms in total. The predicted octanol–water partition coefficient (Wildman–Crippen LogP) is 1.50. The summed E-state index contributed by atoms with van der Waals surface area (Å²) in [6, 6.07) is 4.48. The molecule has 0 spiro atoms. The minimum absolute atomic E-state index is 0.156. The van der Waals surface area contributed by atoms with Crippen molar-refractivity contribution in [2.24, 2.45) is 0 Å². The summed E-state index contributed by atoms with van der Waals surface area (Å²) < 4.78 is 13.2. The van der Waals surface area contributed by atoms with Crippen molar-refractivity contribution in [1.29, 1.82) is 0 Å². The lowest BCUT2D eigenvalue weighted by molar-refractivity contribution is 0.102. The SMILES string of the molecule is Cc1c(F)cccc1NC(=O)c1cn[nH]n1. The van der Waals surface area contributed by atoms with Gasteiger partial charge in [-0.25, -0.2) is 4.39 Å². The first-order chi connectivity index (χ1) is 7.68. The molecule has 0 aliphatic carbocycles. The van der Waals surface area contributed by atoms with Crippen LogP contribution in [-0.2, 0) is 0 Å². The standard InChI is InChI=1S/C10H9FN4O/c1-6-7(11)3-2-4-8(6)13-10(16)9-5-12-15-14-9/h2-5H,1H3,(H,13,16)(H,12,14,15). The van der Waals surface area contributed by atoms with E-state index in [0.717, 1.165) is 0 Å². The Balaban J connectivity index is 2.22. The first-order valence-electron chi connectivity index (χ1n) is 4.60. The summed E-state index contributed by atoms with van der Waals surface area (Å²) in [4.78, 5) is 11.6. The lowest BCUT2D eigenvalue weighted by Gasteiger charge is -2.06. The summed E-state index contributed by atoms with van der Waals surface area (Å²) in [5.74, 6) is -0.791. The maximum atomic E-state index is 13.2. The molecule has 0 aliphatic rings. The van der Waals surface area contributed by atoms with Crippen molar-refractivity contribution >= 4 is 11.6 Å². The fraction of sp³-hybridized carbons (Fsp3) is 0.100. The van der Waals surface area contributed by atoms with E-state index in [1.807, 2.05) is 0 Å². The maximum Gasteiger partial charge on any atom is 0.277 e. The largest absolute Gasteiger partial charge is 0.320 e. The summed E-state index contributed by atoms with van der Waals surface area (Å²) in [6.45, 7) is 1.59. The van der Waals surface area contributed by atoms with Crippen molar-refractivity contribution in [2.45, 2.75) is 6.92 Å². The molecule has 0 fully saturated rings. The van der Waals surface area contributed by atoms with Crippen LogP contribution in [0.25, 0.3) is 0 Å². The van der Waals surface area contributed by atoms with Crippen LogP contribution in [0.4, 0.5) is 10.1 Å². The Labute approximate surface area is 90.7 Å². The van der Waals surface area contributed by atoms with Crippen molar-refractivity contribution in [3.63, 3.8) is 0 Å². The monoisotopic (exact) mass is 220 g/mol. The molecule has 2 rings (SSSR count). The van der Waals surface area contributed by atoms with Crippen LogP contribution in [0.2, 0.25) is 0 Å². The van der Waals surface area contributed by atoms with Crippen molar-refractivity contribution < 1.29 is 9.18 Å². The molecule has 82 valence electrons. The lowest BCUT2D eigenvalue weighted by Crippen LogP contribution is -2.13. The van der Waals surface area contributed by atoms with Gasteiger partial charge in [-0.05, 0) is 19.1 Å². The van der Waals surface area contributed by atoms with E-state index >= 15 is 0 Å². The minimum Gasteiger partial charge on any atom is -0.320 e. The zero-order valence-electron chi connectivity index (χ0n) is 8.49. The average Bonchev–Trinajstić information content (AvgIpc) is 2.78. The van der Waals surface area contributed by atoms with Crippen LogP contribution in [0.5, 0.6) is 0 Å². The number of hydrogen-bond acceptors (Lipinski definition) is 3. The Morgan fingerprint density at radius 3 is 3.00 bits per heavy atom. The minimum atomic E-state index is -0.428. The molecule has 0 unspecified atom stereocenters. The van der Waals surface area contributed by atoms with Crippen molar-refractivity contribution in [1.82, 2.24) is 15.4 Å². The van der Waals surface area contributed by atoms with Gasteiger partial charge in [0.25, 0.3) is 5.91 Å². The highest BCUT2D eigenvalue weighted by Crippen LogP contribution is 2.17. The fourth-order valence-corrected chi connectivity index (χ4v) is 1.24. The molecule has 1 amide bonds. The van der Waals surface area contributed by atoms with E-state index in [9.17, 15) is 9.18 Å². The van der Waals surface area contributed by atoms with Gasteiger partial charge >= 0.3 is 0 Å². The maximum absolute atomic E-state index is 13.2. The molecule has 2 N–H and O–H groups in total. The summed E-state index contributed by atoms with van der Waals surface area (Å²) in [5, 5.41) is 12.0. The van der Waals surface area contributed by atoms with Crippen LogP contribution in [0.3, 0.4) is 0 Å². The molecule has 1 aromatic heterocycles. The highest BCUT2D eigenvalue weighted by Gasteiger charge is 2.11. The van der Waals surface area contributed by atoms with Crippen LogP contribution < -0.4 is 5.32 Å². The highest BCUT2D eigenvalue weighted by molar-refractivity contribution is 6.02. The van der Waals surface area contributed by atoms with Gasteiger partial charge < -0.3 is 5.32 Å². The summed E-state index contributed by atoms with van der Waals surface area (Å²) in [5.41, 5.74) is 0.969. The molecule has 0 aliphatic heterocycles. The van der Waals surface area contributed by atoms with Gasteiger partial charge in [-0.15, -0.1) is 0 Å². The van der Waals surface area contributed by atoms with Crippen molar-refractivity contribution in [3.05, 3.63) is 41.5 Å². The molecule has 1 aromatic carbocycles. The van der Waals surface area contributed by atoms with E-state index in [1.54, 1.807) is 13.0 Å². The molecule has 16 heavy (non-hydrogen) atoms. The van der Waals surface area contributed by atoms with E-state index in [0.29, 0.717) is 11.3 Å². The number of amides is 1. The molecule has 0 saturated carbocycles. The predicted molar refractivity (Wildman–Crippen MR) is 55.5 cm³/mol. The second-order valence-electron chi connectivity index (χ2n) is 3.22. The Morgan fingerprint density at radius 1 is 1.50 bits per heavy atom. The normalized spacial score (nSPS) is 10.1. The highest BCUT2D eigenvalue weighted by atomic mass is 19.1. The number of nitrogens with zero attached hydrogens (tertiary/aromatic N) is 2. The summed E-state index contributed by atoms with van der Waals surface area (Å²) in [6.07, 6.45) is 1.30. The third-order valence-corrected chi connectivity index (χ3v) is 2.16. The number of aromatic nitrogens is 3. The fourth-order valence-electron chi connectivity index (χ4n) is 1.24. The molecular formula is C10H9FN4O. The van der Waals surface area contributed by atoms with Gasteiger partial charge in [0.05, 0.1) is 6.20 Å². The van der Waals surface area contributed by atoms with E-state index in [4.69, 9.17) is 0 Å². The molecular weight excluding hydrogens is 211 g/mol. The smallest absolute Gasteiger partial charge is 0.277 e. The van der Waals surface area contributed by atoms with E-state index in [2.05, 4.69) is 20.7 Å². The van der Waals surface area contributed by atoms with Gasteiger partial charge in [0.1, 0.15) is 5.82 Å². The Morgan fingerprint density at radius 2 is 2.31 bits per heavy atom. The van der Waals surface area contributed by atoms with E-state index in [1.165, 1.54) is 18.3 Å². The van der Waals surface area contributed by atoms with Gasteiger partial charge in [-0.2, -0.15) is 15.4 Å². The molecule has 2 aromatic rings. The van der Waals surface area contributed by atoms with Crippen molar-refractivity contribution in [3.8, 4) is 0 Å². The van der Waals surface area contributed by atoms with Crippen LogP contribution in [0.15, 0.2) is 24.4 Å². The van der Waals surface area contributed by atoms with Crippen LogP contribution in [0.1, 0.15) is 16.1 Å². The van der Waals surface area contributed by atoms with Crippen molar-refractivity contribution in [2.75, 3.05) is 5.32 Å². The number of H-pyrrole nitrogens is 1. The average molecular weight is 220 g/mol. The van der Waals surface area contributed by atoms with Gasteiger partial charge in [-0.1, -0.05) is 6.07 Å². The molecule has 0 atom stereocenters. The number of rotatable bonds is 2. The van der Waals surface area contributed by atoms with Gasteiger partial charge in [0.15, 0.2) is 5.69 Å². The van der Waals surface area contributed by atoms with E-state index < -0.39 is 5.91 Å². The lowest BCUT2D eigenvalue weighted by atomic mass is 10.2. The number of hydrogen-bond donors (Lipinski definition) is 2. The van der Waals surface area contributed by atoms with Crippen LogP contribution in [-0.4, -0.2) is 21.3 Å². The zero-order valence-corrected chi connectivity index (χ0v) is 8.49. The third-order valence-electron chi connectivity index (χ3n) is 2.16. The number of carbonyl (C=O) groups excluding carboxylic acids is 1. The number of halogens is 1. The van der Waals surface area contributed by atoms with Crippen LogP contribution >= 0.6 is 0 Å². The topological polar surface area (TPSA) is 70.7 Å². The second kappa shape index (κ2) is 4.09.